The number of benzene rings is 2. The SMILES string of the molecule is CC(=O)Oc1ccccc1/C=C/C(=O)N(C)C1(c2ccccc2Cl)CCCCC1=O. The van der Waals surface area contributed by atoms with Gasteiger partial charge in [0, 0.05) is 42.6 Å². The minimum absolute atomic E-state index is 0.00795. The molecular formula is C24H24ClNO4. The molecule has 0 N–H and O–H groups in total. The Kier molecular flexibility index (Phi) is 6.73. The molecule has 6 heteroatoms. The summed E-state index contributed by atoms with van der Waals surface area (Å²) in [5.41, 5.74) is 0.157. The number of likely N-dealkylation sites (N-methyl/N-ethyl adjacent to an activating group) is 1. The largest absolute Gasteiger partial charge is 0.426 e. The molecule has 0 aliphatic heterocycles. The first-order chi connectivity index (χ1) is 14.4. The fraction of sp³-hybridized carbons (Fsp3) is 0.292. The molecule has 1 fully saturated rings. The summed E-state index contributed by atoms with van der Waals surface area (Å²) in [6, 6.07) is 14.1. The molecule has 30 heavy (non-hydrogen) atoms. The van der Waals surface area contributed by atoms with E-state index in [2.05, 4.69) is 0 Å². The van der Waals surface area contributed by atoms with Gasteiger partial charge in [0.1, 0.15) is 11.3 Å². The van der Waals surface area contributed by atoms with Gasteiger partial charge in [-0.25, -0.2) is 0 Å². The van der Waals surface area contributed by atoms with E-state index in [1.807, 2.05) is 12.1 Å². The lowest BCUT2D eigenvalue weighted by Crippen LogP contribution is -2.53. The molecule has 1 unspecified atom stereocenters. The molecule has 1 atom stereocenters. The molecule has 156 valence electrons. The number of nitrogens with zero attached hydrogens (tertiary/aromatic N) is 1. The number of halogens is 1. The number of carbonyl (C=O) groups excluding carboxylic acids is 3. The van der Waals surface area contributed by atoms with E-state index in [4.69, 9.17) is 16.3 Å². The minimum Gasteiger partial charge on any atom is -0.426 e. The van der Waals surface area contributed by atoms with Gasteiger partial charge in [-0.05, 0) is 37.5 Å². The highest BCUT2D eigenvalue weighted by Gasteiger charge is 2.47. The van der Waals surface area contributed by atoms with Gasteiger partial charge in [0.05, 0.1) is 0 Å². The highest BCUT2D eigenvalue weighted by atomic mass is 35.5. The van der Waals surface area contributed by atoms with Crippen molar-refractivity contribution < 1.29 is 19.1 Å². The lowest BCUT2D eigenvalue weighted by Gasteiger charge is -2.43. The van der Waals surface area contributed by atoms with Gasteiger partial charge < -0.3 is 9.64 Å². The first kappa shape index (κ1) is 21.8. The molecule has 1 saturated carbocycles. The molecule has 5 nitrogen and oxygen atoms in total. The maximum absolute atomic E-state index is 13.1. The van der Waals surface area contributed by atoms with Crippen LogP contribution in [0.25, 0.3) is 6.08 Å². The van der Waals surface area contributed by atoms with E-state index in [0.29, 0.717) is 34.7 Å². The summed E-state index contributed by atoms with van der Waals surface area (Å²) >= 11 is 6.45. The number of Topliss-reactive ketones (excluding diaryl/α,β-unsaturated/α-hetero) is 1. The van der Waals surface area contributed by atoms with Crippen molar-refractivity contribution in [2.75, 3.05) is 7.05 Å². The summed E-state index contributed by atoms with van der Waals surface area (Å²) in [6.07, 6.45) is 5.54. The monoisotopic (exact) mass is 425 g/mol. The van der Waals surface area contributed by atoms with Crippen molar-refractivity contribution in [3.63, 3.8) is 0 Å². The molecule has 0 spiro atoms. The van der Waals surface area contributed by atoms with E-state index >= 15 is 0 Å². The molecule has 2 aromatic carbocycles. The van der Waals surface area contributed by atoms with Crippen molar-refractivity contribution in [1.82, 2.24) is 4.90 Å². The fourth-order valence-corrected chi connectivity index (χ4v) is 4.25. The Bertz CT molecular complexity index is 1000. The second-order valence-electron chi connectivity index (χ2n) is 7.33. The summed E-state index contributed by atoms with van der Waals surface area (Å²) in [4.78, 5) is 39.1. The van der Waals surface area contributed by atoms with Gasteiger partial charge in [-0.2, -0.15) is 0 Å². The number of hydrogen-bond donors (Lipinski definition) is 0. The predicted octanol–water partition coefficient (Wildman–Crippen LogP) is 4.78. The van der Waals surface area contributed by atoms with Crippen LogP contribution in [0.1, 0.15) is 43.7 Å². The minimum atomic E-state index is -1.09. The Morgan fingerprint density at radius 3 is 2.50 bits per heavy atom. The van der Waals surface area contributed by atoms with Crippen LogP contribution in [0.2, 0.25) is 5.02 Å². The highest BCUT2D eigenvalue weighted by Crippen LogP contribution is 2.42. The van der Waals surface area contributed by atoms with Crippen LogP contribution in [0.15, 0.2) is 54.6 Å². The Morgan fingerprint density at radius 1 is 1.10 bits per heavy atom. The average molecular weight is 426 g/mol. The molecule has 0 saturated heterocycles. The van der Waals surface area contributed by atoms with E-state index in [9.17, 15) is 14.4 Å². The molecule has 2 aromatic rings. The van der Waals surface area contributed by atoms with E-state index in [-0.39, 0.29) is 11.7 Å². The molecule has 1 amide bonds. The van der Waals surface area contributed by atoms with Gasteiger partial charge in [0.2, 0.25) is 5.91 Å². The second kappa shape index (κ2) is 9.26. The Labute approximate surface area is 181 Å². The quantitative estimate of drug-likeness (QED) is 0.393. The summed E-state index contributed by atoms with van der Waals surface area (Å²) in [7, 11) is 1.64. The predicted molar refractivity (Wildman–Crippen MR) is 116 cm³/mol. The van der Waals surface area contributed by atoms with Gasteiger partial charge in [0.15, 0.2) is 5.78 Å². The van der Waals surface area contributed by atoms with Gasteiger partial charge in [-0.15, -0.1) is 0 Å². The third-order valence-corrected chi connectivity index (χ3v) is 5.78. The summed E-state index contributed by atoms with van der Waals surface area (Å²) < 4.78 is 5.19. The van der Waals surface area contributed by atoms with Crippen molar-refractivity contribution in [2.24, 2.45) is 0 Å². The standard InChI is InChI=1S/C24H24ClNO4/c1-17(27)30-21-12-6-3-9-18(21)14-15-23(29)26(2)24(16-8-7-13-22(24)28)19-10-4-5-11-20(19)25/h3-6,9-12,14-15H,7-8,13,16H2,1-2H3/b15-14+. The number of rotatable bonds is 5. The maximum Gasteiger partial charge on any atom is 0.308 e. The number of amides is 1. The van der Waals surface area contributed by atoms with Crippen LogP contribution >= 0.6 is 11.6 Å². The number of ether oxygens (including phenoxy) is 1. The lowest BCUT2D eigenvalue weighted by molar-refractivity contribution is -0.144. The molecule has 0 bridgehead atoms. The van der Waals surface area contributed by atoms with Crippen LogP contribution in [0.5, 0.6) is 5.75 Å². The zero-order valence-corrected chi connectivity index (χ0v) is 17.8. The summed E-state index contributed by atoms with van der Waals surface area (Å²) in [6.45, 7) is 1.32. The van der Waals surface area contributed by atoms with Crippen molar-refractivity contribution in [2.45, 2.75) is 38.1 Å². The van der Waals surface area contributed by atoms with Crippen LogP contribution in [0.4, 0.5) is 0 Å². The number of ketones is 1. The molecule has 1 aliphatic rings. The first-order valence-corrected chi connectivity index (χ1v) is 10.3. The fourth-order valence-electron chi connectivity index (χ4n) is 3.96. The number of hydrogen-bond acceptors (Lipinski definition) is 4. The smallest absolute Gasteiger partial charge is 0.308 e. The first-order valence-electron chi connectivity index (χ1n) is 9.88. The van der Waals surface area contributed by atoms with Crippen LogP contribution in [-0.4, -0.2) is 29.6 Å². The number of carbonyl (C=O) groups is 3. The molecule has 3 rings (SSSR count). The Balaban J connectivity index is 1.95. The second-order valence-corrected chi connectivity index (χ2v) is 7.74. The number of esters is 1. The van der Waals surface area contributed by atoms with E-state index < -0.39 is 11.5 Å². The zero-order valence-electron chi connectivity index (χ0n) is 17.1. The van der Waals surface area contributed by atoms with Gasteiger partial charge >= 0.3 is 5.97 Å². The van der Waals surface area contributed by atoms with Crippen molar-refractivity contribution >= 4 is 35.3 Å². The lowest BCUT2D eigenvalue weighted by atomic mass is 9.74. The van der Waals surface area contributed by atoms with Crippen molar-refractivity contribution in [3.8, 4) is 5.75 Å². The molecule has 1 aliphatic carbocycles. The normalized spacial score (nSPS) is 19.0. The third-order valence-electron chi connectivity index (χ3n) is 5.45. The number of para-hydroxylation sites is 1. The molecule has 0 aromatic heterocycles. The van der Waals surface area contributed by atoms with E-state index in [1.54, 1.807) is 49.5 Å². The summed E-state index contributed by atoms with van der Waals surface area (Å²) in [5, 5.41) is 0.469. The van der Waals surface area contributed by atoms with Crippen LogP contribution in [0.3, 0.4) is 0 Å². The summed E-state index contributed by atoms with van der Waals surface area (Å²) in [5.74, 6) is -0.412. The third kappa shape index (κ3) is 4.31. The Morgan fingerprint density at radius 2 is 1.80 bits per heavy atom. The van der Waals surface area contributed by atoms with Gasteiger partial charge in [-0.3, -0.25) is 14.4 Å². The Hall–Kier alpha value is -2.92. The van der Waals surface area contributed by atoms with E-state index in [0.717, 1.165) is 12.8 Å². The van der Waals surface area contributed by atoms with Gasteiger partial charge in [0.25, 0.3) is 0 Å². The van der Waals surface area contributed by atoms with E-state index in [1.165, 1.54) is 17.9 Å². The molecule has 0 heterocycles. The zero-order chi connectivity index (χ0) is 21.7. The van der Waals surface area contributed by atoms with Crippen molar-refractivity contribution in [3.05, 3.63) is 70.8 Å². The maximum atomic E-state index is 13.1. The molecule has 0 radical (unpaired) electrons. The topological polar surface area (TPSA) is 63.7 Å². The van der Waals surface area contributed by atoms with Gasteiger partial charge in [-0.1, -0.05) is 48.0 Å². The van der Waals surface area contributed by atoms with Crippen LogP contribution in [-0.2, 0) is 19.9 Å². The van der Waals surface area contributed by atoms with Crippen LogP contribution in [0, 0.1) is 0 Å². The average Bonchev–Trinajstić information content (AvgIpc) is 2.73. The van der Waals surface area contributed by atoms with Crippen molar-refractivity contribution in [1.29, 1.82) is 0 Å². The highest BCUT2D eigenvalue weighted by molar-refractivity contribution is 6.31. The van der Waals surface area contributed by atoms with Crippen LogP contribution < -0.4 is 4.74 Å². The molecular weight excluding hydrogens is 402 g/mol.